The van der Waals surface area contributed by atoms with Crippen molar-refractivity contribution in [3.63, 3.8) is 0 Å². The quantitative estimate of drug-likeness (QED) is 0.889. The molecule has 4 rings (SSSR count). The Labute approximate surface area is 150 Å². The summed E-state index contributed by atoms with van der Waals surface area (Å²) in [7, 11) is 0. The number of carbonyl (C=O) groups is 2. The molecule has 1 saturated heterocycles. The summed E-state index contributed by atoms with van der Waals surface area (Å²) in [4.78, 5) is 27.2. The maximum absolute atomic E-state index is 13.0. The number of fused-ring (bicyclic) bond motifs is 1. The van der Waals surface area contributed by atoms with Crippen LogP contribution in [0.1, 0.15) is 33.6 Å². The molecule has 1 aromatic heterocycles. The molecule has 6 heteroatoms. The topological polar surface area (TPSA) is 75.4 Å². The minimum Gasteiger partial charge on any atom is -0.338 e. The fourth-order valence-corrected chi connectivity index (χ4v) is 4.65. The number of hydrogen-bond donors (Lipinski definition) is 2. The Bertz CT molecular complexity index is 790. The van der Waals surface area contributed by atoms with Crippen molar-refractivity contribution in [2.75, 3.05) is 18.4 Å². The number of rotatable bonds is 3. The van der Waals surface area contributed by atoms with Gasteiger partial charge in [0.1, 0.15) is 0 Å². The fourth-order valence-electron chi connectivity index (χ4n) is 4.01. The third-order valence-corrected chi connectivity index (χ3v) is 6.07. The second-order valence-corrected chi connectivity index (χ2v) is 7.67. The third-order valence-electron chi connectivity index (χ3n) is 5.39. The maximum Gasteiger partial charge on any atom is 0.256 e. The van der Waals surface area contributed by atoms with Crippen molar-refractivity contribution in [1.29, 1.82) is 0 Å². The maximum atomic E-state index is 13.0. The largest absolute Gasteiger partial charge is 0.338 e. The number of thiophene rings is 1. The SMILES string of the molecule is NC1CCC2CN(C(=O)c3ccccc3NC(=O)c3ccsc3)CC12. The van der Waals surface area contributed by atoms with Crippen LogP contribution in [0.4, 0.5) is 5.69 Å². The molecule has 3 atom stereocenters. The van der Waals surface area contributed by atoms with Crippen LogP contribution in [0.25, 0.3) is 0 Å². The van der Waals surface area contributed by atoms with E-state index in [2.05, 4.69) is 5.32 Å². The van der Waals surface area contributed by atoms with Gasteiger partial charge in [0.25, 0.3) is 11.8 Å². The number of nitrogens with zero attached hydrogens (tertiary/aromatic N) is 1. The molecule has 2 aliphatic rings. The van der Waals surface area contributed by atoms with E-state index in [-0.39, 0.29) is 17.9 Å². The molecule has 1 aromatic carbocycles. The molecule has 2 amide bonds. The first-order valence-electron chi connectivity index (χ1n) is 8.61. The predicted octanol–water partition coefficient (Wildman–Crippen LogP) is 2.81. The number of nitrogens with one attached hydrogen (secondary N) is 1. The molecule has 1 aliphatic heterocycles. The van der Waals surface area contributed by atoms with Crippen molar-refractivity contribution < 1.29 is 9.59 Å². The van der Waals surface area contributed by atoms with Crippen LogP contribution in [-0.2, 0) is 0 Å². The van der Waals surface area contributed by atoms with Crippen molar-refractivity contribution in [3.05, 3.63) is 52.2 Å². The Morgan fingerprint density at radius 2 is 2.00 bits per heavy atom. The van der Waals surface area contributed by atoms with Crippen molar-refractivity contribution in [1.82, 2.24) is 4.90 Å². The van der Waals surface area contributed by atoms with Crippen molar-refractivity contribution in [2.45, 2.75) is 18.9 Å². The second-order valence-electron chi connectivity index (χ2n) is 6.89. The molecular formula is C19H21N3O2S. The highest BCUT2D eigenvalue weighted by Gasteiger charge is 2.42. The Kier molecular flexibility index (Phi) is 4.31. The third kappa shape index (κ3) is 3.07. The van der Waals surface area contributed by atoms with E-state index in [1.54, 1.807) is 23.6 Å². The van der Waals surface area contributed by atoms with Gasteiger partial charge in [0.15, 0.2) is 0 Å². The second kappa shape index (κ2) is 6.61. The molecule has 0 spiro atoms. The molecule has 5 nitrogen and oxygen atoms in total. The molecule has 1 aliphatic carbocycles. The Morgan fingerprint density at radius 3 is 2.76 bits per heavy atom. The van der Waals surface area contributed by atoms with Gasteiger partial charge in [-0.05, 0) is 48.3 Å². The Morgan fingerprint density at radius 1 is 1.16 bits per heavy atom. The van der Waals surface area contributed by atoms with E-state index >= 15 is 0 Å². The van der Waals surface area contributed by atoms with Crippen molar-refractivity contribution in [3.8, 4) is 0 Å². The van der Waals surface area contributed by atoms with Crippen LogP contribution in [0, 0.1) is 11.8 Å². The van der Waals surface area contributed by atoms with Gasteiger partial charge in [0.05, 0.1) is 16.8 Å². The molecular weight excluding hydrogens is 334 g/mol. The highest BCUT2D eigenvalue weighted by molar-refractivity contribution is 7.08. The summed E-state index contributed by atoms with van der Waals surface area (Å²) >= 11 is 1.47. The molecule has 2 aromatic rings. The molecule has 3 unspecified atom stereocenters. The average Bonchev–Trinajstić information content (AvgIpc) is 3.34. The zero-order chi connectivity index (χ0) is 17.4. The molecule has 3 N–H and O–H groups in total. The summed E-state index contributed by atoms with van der Waals surface area (Å²) in [5.41, 5.74) is 7.88. The van der Waals surface area contributed by atoms with Crippen LogP contribution < -0.4 is 11.1 Å². The number of carbonyl (C=O) groups excluding carboxylic acids is 2. The van der Waals surface area contributed by atoms with E-state index < -0.39 is 0 Å². The lowest BCUT2D eigenvalue weighted by atomic mass is 9.98. The molecule has 0 radical (unpaired) electrons. The first kappa shape index (κ1) is 16.3. The van der Waals surface area contributed by atoms with Gasteiger partial charge >= 0.3 is 0 Å². The van der Waals surface area contributed by atoms with Gasteiger partial charge in [-0.3, -0.25) is 9.59 Å². The van der Waals surface area contributed by atoms with Gasteiger partial charge in [-0.25, -0.2) is 0 Å². The molecule has 1 saturated carbocycles. The van der Waals surface area contributed by atoms with E-state index in [9.17, 15) is 9.59 Å². The number of hydrogen-bond acceptors (Lipinski definition) is 4. The first-order valence-corrected chi connectivity index (χ1v) is 9.55. The molecule has 2 heterocycles. The van der Waals surface area contributed by atoms with E-state index in [0.29, 0.717) is 28.7 Å². The number of anilines is 1. The highest BCUT2D eigenvalue weighted by atomic mass is 32.1. The van der Waals surface area contributed by atoms with Gasteiger partial charge in [0.2, 0.25) is 0 Å². The summed E-state index contributed by atoms with van der Waals surface area (Å²) in [6.45, 7) is 1.49. The van der Waals surface area contributed by atoms with Gasteiger partial charge < -0.3 is 16.0 Å². The molecule has 2 fully saturated rings. The number of amides is 2. The monoisotopic (exact) mass is 355 g/mol. The Hall–Kier alpha value is -2.18. The zero-order valence-corrected chi connectivity index (χ0v) is 14.7. The predicted molar refractivity (Wildman–Crippen MR) is 98.8 cm³/mol. The van der Waals surface area contributed by atoms with Crippen LogP contribution in [0.3, 0.4) is 0 Å². The lowest BCUT2D eigenvalue weighted by molar-refractivity contribution is 0.0780. The van der Waals surface area contributed by atoms with Crippen LogP contribution in [0.5, 0.6) is 0 Å². The summed E-state index contributed by atoms with van der Waals surface area (Å²) in [5.74, 6) is 0.715. The van der Waals surface area contributed by atoms with Crippen LogP contribution in [-0.4, -0.2) is 35.8 Å². The molecule has 0 bridgehead atoms. The van der Waals surface area contributed by atoms with Crippen molar-refractivity contribution >= 4 is 28.8 Å². The lowest BCUT2D eigenvalue weighted by Gasteiger charge is -2.20. The smallest absolute Gasteiger partial charge is 0.256 e. The summed E-state index contributed by atoms with van der Waals surface area (Å²) in [6.07, 6.45) is 2.16. The van der Waals surface area contributed by atoms with E-state index in [4.69, 9.17) is 5.73 Å². The van der Waals surface area contributed by atoms with E-state index in [1.165, 1.54) is 11.3 Å². The number of likely N-dealkylation sites (tertiary alicyclic amines) is 1. The fraction of sp³-hybridized carbons (Fsp3) is 0.368. The van der Waals surface area contributed by atoms with Crippen LogP contribution in [0.2, 0.25) is 0 Å². The summed E-state index contributed by atoms with van der Waals surface area (Å²) < 4.78 is 0. The van der Waals surface area contributed by atoms with Crippen LogP contribution in [0.15, 0.2) is 41.1 Å². The van der Waals surface area contributed by atoms with Crippen molar-refractivity contribution in [2.24, 2.45) is 17.6 Å². The molecule has 130 valence electrons. The minimum atomic E-state index is -0.193. The first-order chi connectivity index (χ1) is 12.1. The number of para-hydroxylation sites is 1. The summed E-state index contributed by atoms with van der Waals surface area (Å²) in [6, 6.07) is 9.19. The lowest BCUT2D eigenvalue weighted by Crippen LogP contribution is -2.34. The highest BCUT2D eigenvalue weighted by Crippen LogP contribution is 2.38. The molecule has 25 heavy (non-hydrogen) atoms. The Balaban J connectivity index is 1.53. The van der Waals surface area contributed by atoms with E-state index in [1.807, 2.05) is 22.4 Å². The minimum absolute atomic E-state index is 0.0252. The van der Waals surface area contributed by atoms with E-state index in [0.717, 1.165) is 25.9 Å². The number of nitrogens with two attached hydrogens (primary N) is 1. The van der Waals surface area contributed by atoms with Gasteiger partial charge in [0, 0.05) is 24.5 Å². The van der Waals surface area contributed by atoms with Crippen LogP contribution >= 0.6 is 11.3 Å². The zero-order valence-electron chi connectivity index (χ0n) is 13.9. The standard InChI is InChI=1S/C19H21N3O2S/c20-16-6-5-12-9-22(10-15(12)16)19(24)14-3-1-2-4-17(14)21-18(23)13-7-8-25-11-13/h1-4,7-8,11-12,15-16H,5-6,9-10,20H2,(H,21,23). The average molecular weight is 355 g/mol. The van der Waals surface area contributed by atoms with Gasteiger partial charge in [-0.1, -0.05) is 12.1 Å². The number of benzene rings is 1. The van der Waals surface area contributed by atoms with Gasteiger partial charge in [-0.15, -0.1) is 0 Å². The van der Waals surface area contributed by atoms with Gasteiger partial charge in [-0.2, -0.15) is 11.3 Å². The summed E-state index contributed by atoms with van der Waals surface area (Å²) in [5, 5.41) is 6.53. The normalized spacial score (nSPS) is 25.0.